The molecular weight excluding hydrogens is 1030 g/mol. The predicted molar refractivity (Wildman–Crippen MR) is 354 cm³/mol. The van der Waals surface area contributed by atoms with Crippen LogP contribution in [0.1, 0.15) is 22.3 Å². The Labute approximate surface area is 492 Å². The highest BCUT2D eigenvalue weighted by Gasteiger charge is 2.49. The number of anilines is 6. The number of hydrogen-bond acceptors (Lipinski definition) is 4. The Morgan fingerprint density at radius 1 is 0.247 bits per heavy atom. The van der Waals surface area contributed by atoms with Gasteiger partial charge in [0, 0.05) is 66.2 Å². The van der Waals surface area contributed by atoms with Crippen molar-refractivity contribution in [3.05, 3.63) is 338 Å². The third-order valence-electron chi connectivity index (χ3n) is 17.7. The van der Waals surface area contributed by atoms with Crippen molar-refractivity contribution >= 4 is 99.5 Å². The van der Waals surface area contributed by atoms with E-state index in [9.17, 15) is 0 Å². The minimum Gasteiger partial charge on any atom is -0.455 e. The second-order valence-corrected chi connectivity index (χ2v) is 22.2. The Bertz CT molecular complexity index is 4890. The molecule has 17 rings (SSSR count). The summed E-state index contributed by atoms with van der Waals surface area (Å²) in [7, 11) is 0. The van der Waals surface area contributed by atoms with Crippen LogP contribution < -0.4 is 9.80 Å². The number of nitrogens with zero attached hydrogens (tertiary/aromatic N) is 2. The van der Waals surface area contributed by atoms with Gasteiger partial charge in [-0.05, 0) is 128 Å². The van der Waals surface area contributed by atoms with Crippen LogP contribution in [0, 0.1) is 0 Å². The molecule has 1 aliphatic carbocycles. The van der Waals surface area contributed by atoms with Gasteiger partial charge in [0.05, 0.1) is 16.8 Å². The zero-order chi connectivity index (χ0) is 56.0. The van der Waals surface area contributed by atoms with Gasteiger partial charge in [-0.3, -0.25) is 0 Å². The summed E-state index contributed by atoms with van der Waals surface area (Å²) >= 11 is 0. The van der Waals surface area contributed by atoms with E-state index in [-0.39, 0.29) is 0 Å². The van der Waals surface area contributed by atoms with E-state index in [0.717, 1.165) is 111 Å². The summed E-state index contributed by atoms with van der Waals surface area (Å²) in [6.45, 7) is 0. The first-order chi connectivity index (χ1) is 42.2. The summed E-state index contributed by atoms with van der Waals surface area (Å²) in [6, 6.07) is 115. The van der Waals surface area contributed by atoms with Gasteiger partial charge >= 0.3 is 0 Å². The average molecular weight is 1090 g/mol. The van der Waals surface area contributed by atoms with Gasteiger partial charge in [-0.1, -0.05) is 243 Å². The van der Waals surface area contributed by atoms with Crippen molar-refractivity contribution in [1.82, 2.24) is 0 Å². The molecule has 0 saturated heterocycles. The Balaban J connectivity index is 0.907. The minimum atomic E-state index is -0.792. The van der Waals surface area contributed by atoms with E-state index in [1.54, 1.807) is 0 Å². The first-order valence-corrected chi connectivity index (χ1v) is 29.1. The van der Waals surface area contributed by atoms with Crippen LogP contribution in [0.15, 0.2) is 324 Å². The largest absolute Gasteiger partial charge is 0.455 e. The molecule has 0 spiro atoms. The van der Waals surface area contributed by atoms with Crippen molar-refractivity contribution in [1.29, 1.82) is 0 Å². The van der Waals surface area contributed by atoms with Crippen LogP contribution in [-0.2, 0) is 5.41 Å². The monoisotopic (exact) mass is 1080 g/mol. The quantitative estimate of drug-likeness (QED) is 0.137. The van der Waals surface area contributed by atoms with E-state index < -0.39 is 5.41 Å². The van der Waals surface area contributed by atoms with Crippen molar-refractivity contribution in [2.75, 3.05) is 9.80 Å². The van der Waals surface area contributed by atoms with Crippen LogP contribution in [0.4, 0.5) is 34.1 Å². The summed E-state index contributed by atoms with van der Waals surface area (Å²) in [6.07, 6.45) is 0. The van der Waals surface area contributed by atoms with Crippen LogP contribution >= 0.6 is 0 Å². The molecule has 2 aromatic heterocycles. The van der Waals surface area contributed by atoms with Crippen LogP contribution in [0.3, 0.4) is 0 Å². The standard InChI is InChI=1S/C81H52N2O2/c1-5-23-55(24-6-1)81(56-25-7-2-8-26-56)71-51-73(82(57-27-9-3-10-28-57)59-47-43-53(44-48-59)61-37-21-39-69-65-33-17-19-41-75(65)84-79(61)69)63-31-13-15-35-67(63)77(71)78-68-36-16-14-32-64(68)74(52-72(78)81)83(58-29-11-4-12-30-58)60-49-45-54(46-50-60)62-38-22-40-70-66-34-18-20-42-76(66)85-80(62)70/h1-52H. The summed E-state index contributed by atoms with van der Waals surface area (Å²) in [4.78, 5) is 4.91. The Hall–Kier alpha value is -11.2. The van der Waals surface area contributed by atoms with E-state index in [0.29, 0.717) is 0 Å². The van der Waals surface area contributed by atoms with Crippen LogP contribution in [-0.4, -0.2) is 0 Å². The number of rotatable bonds is 10. The lowest BCUT2D eigenvalue weighted by atomic mass is 9.67. The average Bonchev–Trinajstić information content (AvgIpc) is 2.43. The Morgan fingerprint density at radius 3 is 0.965 bits per heavy atom. The van der Waals surface area contributed by atoms with Gasteiger partial charge in [-0.25, -0.2) is 0 Å². The van der Waals surface area contributed by atoms with Gasteiger partial charge in [-0.2, -0.15) is 0 Å². The van der Waals surface area contributed by atoms with Gasteiger partial charge < -0.3 is 18.6 Å². The first-order valence-electron chi connectivity index (χ1n) is 29.1. The van der Waals surface area contributed by atoms with Crippen molar-refractivity contribution < 1.29 is 8.83 Å². The number of para-hydroxylation sites is 6. The van der Waals surface area contributed by atoms with Gasteiger partial charge in [0.25, 0.3) is 0 Å². The van der Waals surface area contributed by atoms with Crippen molar-refractivity contribution in [3.8, 4) is 33.4 Å². The zero-order valence-corrected chi connectivity index (χ0v) is 46.2. The van der Waals surface area contributed by atoms with Crippen molar-refractivity contribution in [3.63, 3.8) is 0 Å². The lowest BCUT2D eigenvalue weighted by Gasteiger charge is -2.36. The maximum atomic E-state index is 6.58. The van der Waals surface area contributed by atoms with Crippen LogP contribution in [0.5, 0.6) is 0 Å². The fraction of sp³-hybridized carbons (Fsp3) is 0.0123. The molecule has 16 aromatic rings. The van der Waals surface area contributed by atoms with Gasteiger partial charge in [0.2, 0.25) is 0 Å². The van der Waals surface area contributed by atoms with Crippen molar-refractivity contribution in [2.45, 2.75) is 5.41 Å². The van der Waals surface area contributed by atoms with Crippen molar-refractivity contribution in [2.24, 2.45) is 0 Å². The molecule has 0 aliphatic heterocycles. The lowest BCUT2D eigenvalue weighted by Crippen LogP contribution is -2.29. The highest BCUT2D eigenvalue weighted by molar-refractivity contribution is 6.19. The molecule has 1 aliphatic rings. The first kappa shape index (κ1) is 48.5. The SMILES string of the molecule is c1ccc(N(c2ccc(-c3cccc4c3oc3ccccc34)cc2)c2cc3c(c4ccccc24)-c2c(cc(N(c4ccccc4)c4ccc(-c5cccc6c5oc5ccccc56)cc4)c4ccccc24)C3(c2ccccc2)c2ccccc2)cc1. The second kappa shape index (κ2) is 19.5. The number of benzene rings is 14. The number of furan rings is 2. The highest BCUT2D eigenvalue weighted by Crippen LogP contribution is 2.63. The maximum absolute atomic E-state index is 6.58. The molecule has 0 saturated carbocycles. The molecule has 0 bridgehead atoms. The van der Waals surface area contributed by atoms with E-state index in [2.05, 4.69) is 313 Å². The summed E-state index contributed by atoms with van der Waals surface area (Å²) in [5.74, 6) is 0. The van der Waals surface area contributed by atoms with E-state index in [1.165, 1.54) is 44.2 Å². The molecule has 14 aromatic carbocycles. The molecular formula is C81H52N2O2. The van der Waals surface area contributed by atoms with Gasteiger partial charge in [-0.15, -0.1) is 0 Å². The molecule has 0 fully saturated rings. The second-order valence-electron chi connectivity index (χ2n) is 22.2. The molecule has 4 nitrogen and oxygen atoms in total. The fourth-order valence-corrected chi connectivity index (χ4v) is 14.1. The third-order valence-corrected chi connectivity index (χ3v) is 17.7. The number of fused-ring (bicyclic) bond motifs is 13. The molecule has 2 heterocycles. The molecule has 0 radical (unpaired) electrons. The molecule has 398 valence electrons. The summed E-state index contributed by atoms with van der Waals surface area (Å²) < 4.78 is 13.2. The maximum Gasteiger partial charge on any atom is 0.143 e. The van der Waals surface area contributed by atoms with Crippen LogP contribution in [0.25, 0.3) is 98.8 Å². The molecule has 0 atom stereocenters. The Morgan fingerprint density at radius 2 is 0.565 bits per heavy atom. The third kappa shape index (κ3) is 7.49. The Kier molecular flexibility index (Phi) is 11.1. The summed E-state index contributed by atoms with van der Waals surface area (Å²) in [5, 5.41) is 9.16. The molecule has 0 unspecified atom stereocenters. The van der Waals surface area contributed by atoms with Gasteiger partial charge in [0.1, 0.15) is 22.3 Å². The topological polar surface area (TPSA) is 32.8 Å². The normalized spacial score (nSPS) is 12.6. The predicted octanol–water partition coefficient (Wildman–Crippen LogP) is 22.4. The molecule has 85 heavy (non-hydrogen) atoms. The minimum absolute atomic E-state index is 0.792. The fourth-order valence-electron chi connectivity index (χ4n) is 14.1. The van der Waals surface area contributed by atoms with E-state index in [4.69, 9.17) is 8.83 Å². The van der Waals surface area contributed by atoms with E-state index in [1.807, 2.05) is 12.1 Å². The van der Waals surface area contributed by atoms with Crippen LogP contribution in [0.2, 0.25) is 0 Å². The zero-order valence-electron chi connectivity index (χ0n) is 46.2. The summed E-state index contributed by atoms with van der Waals surface area (Å²) in [5.41, 5.74) is 20.8. The molecule has 0 amide bonds. The molecule has 0 N–H and O–H groups in total. The highest BCUT2D eigenvalue weighted by atomic mass is 16.3. The molecule has 4 heteroatoms. The lowest BCUT2D eigenvalue weighted by molar-refractivity contribution is 0.669. The van der Waals surface area contributed by atoms with E-state index >= 15 is 0 Å². The number of hydrogen-bond donors (Lipinski definition) is 0. The smallest absolute Gasteiger partial charge is 0.143 e. The van der Waals surface area contributed by atoms with Gasteiger partial charge in [0.15, 0.2) is 0 Å².